The topological polar surface area (TPSA) is 101 Å². The summed E-state index contributed by atoms with van der Waals surface area (Å²) in [4.78, 5) is 16.9. The monoisotopic (exact) mass is 300 g/mol. The molecule has 1 aliphatic carbocycles. The van der Waals surface area contributed by atoms with Gasteiger partial charge in [0.2, 0.25) is 0 Å². The fourth-order valence-electron chi connectivity index (χ4n) is 2.23. The lowest BCUT2D eigenvalue weighted by Gasteiger charge is -2.10. The molecule has 0 atom stereocenters. The molecule has 108 valence electrons. The SMILES string of the molecule is O=P(O)(O)OCCCCS(=O)(=O)CC1CCCC1. The van der Waals surface area contributed by atoms with Gasteiger partial charge >= 0.3 is 7.82 Å². The summed E-state index contributed by atoms with van der Waals surface area (Å²) in [6.45, 7) is -0.108. The average molecular weight is 300 g/mol. The Labute approximate surface area is 108 Å². The number of hydrogen-bond donors (Lipinski definition) is 2. The molecule has 6 nitrogen and oxygen atoms in total. The van der Waals surface area contributed by atoms with Crippen molar-refractivity contribution < 1.29 is 27.3 Å². The zero-order valence-corrected chi connectivity index (χ0v) is 12.0. The predicted molar refractivity (Wildman–Crippen MR) is 67.8 cm³/mol. The highest BCUT2D eigenvalue weighted by molar-refractivity contribution is 7.91. The minimum atomic E-state index is -4.42. The molecule has 18 heavy (non-hydrogen) atoms. The highest BCUT2D eigenvalue weighted by Gasteiger charge is 2.22. The van der Waals surface area contributed by atoms with Crippen LogP contribution >= 0.6 is 7.82 Å². The van der Waals surface area contributed by atoms with Crippen molar-refractivity contribution >= 4 is 17.7 Å². The molecule has 0 aromatic carbocycles. The minimum absolute atomic E-state index is 0.0774. The van der Waals surface area contributed by atoms with Crippen LogP contribution in [0.5, 0.6) is 0 Å². The maximum absolute atomic E-state index is 11.8. The third-order valence-corrected chi connectivity index (χ3v) is 5.48. The van der Waals surface area contributed by atoms with Gasteiger partial charge in [0, 0.05) is 0 Å². The maximum atomic E-state index is 11.8. The van der Waals surface area contributed by atoms with Gasteiger partial charge in [0.15, 0.2) is 9.84 Å². The van der Waals surface area contributed by atoms with Gasteiger partial charge in [-0.3, -0.25) is 4.52 Å². The quantitative estimate of drug-likeness (QED) is 0.520. The molecule has 0 aromatic heterocycles. The maximum Gasteiger partial charge on any atom is 0.469 e. The molecule has 0 aliphatic heterocycles. The van der Waals surface area contributed by atoms with E-state index >= 15 is 0 Å². The second-order valence-corrected chi connectivity index (χ2v) is 8.26. The molecule has 0 amide bonds. The zero-order chi connectivity index (χ0) is 13.6. The Morgan fingerprint density at radius 2 is 1.78 bits per heavy atom. The van der Waals surface area contributed by atoms with Crippen LogP contribution in [0.1, 0.15) is 38.5 Å². The van der Waals surface area contributed by atoms with Crippen molar-refractivity contribution in [1.82, 2.24) is 0 Å². The van der Waals surface area contributed by atoms with E-state index in [9.17, 15) is 13.0 Å². The Morgan fingerprint density at radius 3 is 2.33 bits per heavy atom. The van der Waals surface area contributed by atoms with E-state index in [4.69, 9.17) is 9.79 Å². The molecule has 1 aliphatic rings. The van der Waals surface area contributed by atoms with Crippen LogP contribution in [-0.2, 0) is 18.9 Å². The van der Waals surface area contributed by atoms with Gasteiger partial charge in [0.25, 0.3) is 0 Å². The van der Waals surface area contributed by atoms with Gasteiger partial charge in [0.1, 0.15) is 0 Å². The molecule has 0 saturated heterocycles. The number of phosphoric acid groups is 1. The molecular weight excluding hydrogens is 279 g/mol. The van der Waals surface area contributed by atoms with Crippen molar-refractivity contribution in [3.8, 4) is 0 Å². The lowest BCUT2D eigenvalue weighted by molar-refractivity contribution is 0.194. The molecule has 1 fully saturated rings. The van der Waals surface area contributed by atoms with Gasteiger partial charge in [-0.2, -0.15) is 0 Å². The van der Waals surface area contributed by atoms with Crippen molar-refractivity contribution in [2.24, 2.45) is 5.92 Å². The second-order valence-electron chi connectivity index (χ2n) is 4.80. The summed E-state index contributed by atoms with van der Waals surface area (Å²) in [6, 6.07) is 0. The standard InChI is InChI=1S/C10H21O6PS/c11-17(12,13)16-7-3-4-8-18(14,15)9-10-5-1-2-6-10/h10H,1-9H2,(H2,11,12,13). The zero-order valence-electron chi connectivity index (χ0n) is 10.3. The van der Waals surface area contributed by atoms with Crippen LogP contribution in [0.15, 0.2) is 0 Å². The van der Waals surface area contributed by atoms with Crippen LogP contribution in [-0.4, -0.2) is 36.3 Å². The van der Waals surface area contributed by atoms with E-state index in [0.717, 1.165) is 25.7 Å². The van der Waals surface area contributed by atoms with Gasteiger partial charge in [-0.15, -0.1) is 0 Å². The lowest BCUT2D eigenvalue weighted by atomic mass is 10.1. The Kier molecular flexibility index (Phi) is 6.27. The first-order valence-electron chi connectivity index (χ1n) is 6.19. The minimum Gasteiger partial charge on any atom is -0.303 e. The van der Waals surface area contributed by atoms with Gasteiger partial charge in [0.05, 0.1) is 18.1 Å². The van der Waals surface area contributed by atoms with Gasteiger partial charge in [-0.05, 0) is 31.6 Å². The van der Waals surface area contributed by atoms with Crippen molar-refractivity contribution in [3.05, 3.63) is 0 Å². The second kappa shape index (κ2) is 7.01. The van der Waals surface area contributed by atoms with Crippen molar-refractivity contribution in [2.75, 3.05) is 18.1 Å². The van der Waals surface area contributed by atoms with Crippen LogP contribution < -0.4 is 0 Å². The van der Waals surface area contributed by atoms with Crippen LogP contribution in [0.3, 0.4) is 0 Å². The molecule has 0 aromatic rings. The summed E-state index contributed by atoms with van der Waals surface area (Å²) in [5.74, 6) is 0.641. The van der Waals surface area contributed by atoms with Crippen LogP contribution in [0.2, 0.25) is 0 Å². The first kappa shape index (κ1) is 16.1. The smallest absolute Gasteiger partial charge is 0.303 e. The average Bonchev–Trinajstić information content (AvgIpc) is 2.67. The number of unbranched alkanes of at least 4 members (excludes halogenated alkanes) is 1. The molecule has 0 spiro atoms. The molecule has 0 heterocycles. The van der Waals surface area contributed by atoms with Crippen LogP contribution in [0, 0.1) is 5.92 Å². The summed E-state index contributed by atoms with van der Waals surface area (Å²) < 4.78 is 38.1. The van der Waals surface area contributed by atoms with Crippen molar-refractivity contribution in [1.29, 1.82) is 0 Å². The Bertz CT molecular complexity index is 381. The van der Waals surface area contributed by atoms with E-state index < -0.39 is 17.7 Å². The third kappa shape index (κ3) is 7.48. The van der Waals surface area contributed by atoms with Gasteiger partial charge < -0.3 is 9.79 Å². The molecule has 0 bridgehead atoms. The van der Waals surface area contributed by atoms with E-state index in [0.29, 0.717) is 18.8 Å². The first-order valence-corrected chi connectivity index (χ1v) is 9.54. The fourth-order valence-corrected chi connectivity index (χ4v) is 4.46. The first-order chi connectivity index (χ1) is 8.29. The molecule has 2 N–H and O–H groups in total. The van der Waals surface area contributed by atoms with E-state index in [-0.39, 0.29) is 18.1 Å². The Hall–Kier alpha value is 0.0600. The number of sulfone groups is 1. The molecule has 0 unspecified atom stereocenters. The Morgan fingerprint density at radius 1 is 1.17 bits per heavy atom. The number of hydrogen-bond acceptors (Lipinski definition) is 4. The number of rotatable bonds is 8. The molecular formula is C10H21O6PS. The van der Waals surface area contributed by atoms with Gasteiger partial charge in [-0.25, -0.2) is 13.0 Å². The lowest BCUT2D eigenvalue weighted by Crippen LogP contribution is -2.17. The van der Waals surface area contributed by atoms with Crippen molar-refractivity contribution in [2.45, 2.75) is 38.5 Å². The van der Waals surface area contributed by atoms with Crippen molar-refractivity contribution in [3.63, 3.8) is 0 Å². The fraction of sp³-hybridized carbons (Fsp3) is 1.00. The van der Waals surface area contributed by atoms with E-state index in [1.807, 2.05) is 0 Å². The largest absolute Gasteiger partial charge is 0.469 e. The van der Waals surface area contributed by atoms with Crippen LogP contribution in [0.4, 0.5) is 0 Å². The summed E-state index contributed by atoms with van der Waals surface area (Å²) in [5.41, 5.74) is 0. The predicted octanol–water partition coefficient (Wildman–Crippen LogP) is 1.48. The summed E-state index contributed by atoms with van der Waals surface area (Å²) in [7, 11) is -7.45. The summed E-state index contributed by atoms with van der Waals surface area (Å²) in [6.07, 6.45) is 4.97. The summed E-state index contributed by atoms with van der Waals surface area (Å²) >= 11 is 0. The molecule has 1 rings (SSSR count). The van der Waals surface area contributed by atoms with E-state index in [1.54, 1.807) is 0 Å². The Balaban J connectivity index is 2.15. The van der Waals surface area contributed by atoms with Gasteiger partial charge in [-0.1, -0.05) is 12.8 Å². The highest BCUT2D eigenvalue weighted by atomic mass is 32.2. The molecule has 8 heteroatoms. The van der Waals surface area contributed by atoms with Crippen LogP contribution in [0.25, 0.3) is 0 Å². The highest BCUT2D eigenvalue weighted by Crippen LogP contribution is 2.35. The van der Waals surface area contributed by atoms with E-state index in [1.165, 1.54) is 0 Å². The summed E-state index contributed by atoms with van der Waals surface area (Å²) in [5, 5.41) is 0. The van der Waals surface area contributed by atoms with E-state index in [2.05, 4.69) is 4.52 Å². The molecule has 1 saturated carbocycles. The number of phosphoric ester groups is 1. The third-order valence-electron chi connectivity index (χ3n) is 3.07. The molecule has 0 radical (unpaired) electrons. The normalized spacial score (nSPS) is 18.3.